The molecule has 1 aromatic heterocycles. The molecule has 0 aliphatic heterocycles. The third-order valence-corrected chi connectivity index (χ3v) is 1.51. The van der Waals surface area contributed by atoms with Gasteiger partial charge in [0.1, 0.15) is 0 Å². The molecule has 11 heavy (non-hydrogen) atoms. The minimum atomic E-state index is -0.513. The molecule has 62 valence electrons. The maximum Gasteiger partial charge on any atom is 0.0987 e. The van der Waals surface area contributed by atoms with Gasteiger partial charge in [0.25, 0.3) is 0 Å². The molecule has 0 saturated carbocycles. The Labute approximate surface area is 65.7 Å². The van der Waals surface area contributed by atoms with Crippen LogP contribution in [0.5, 0.6) is 0 Å². The number of hydrogen-bond donors (Lipinski definition) is 2. The van der Waals surface area contributed by atoms with Crippen molar-refractivity contribution in [2.45, 2.75) is 12.5 Å². The quantitative estimate of drug-likeness (QED) is 0.635. The lowest BCUT2D eigenvalue weighted by Gasteiger charge is -2.03. The molecule has 1 rings (SSSR count). The lowest BCUT2D eigenvalue weighted by molar-refractivity contribution is 0.166. The molecule has 0 amide bonds. The molecule has 1 heterocycles. The van der Waals surface area contributed by atoms with Crippen molar-refractivity contribution < 1.29 is 5.11 Å². The fourth-order valence-corrected chi connectivity index (χ4v) is 0.911. The molecule has 0 aliphatic rings. The number of aliphatic hydroxyl groups is 1. The standard InChI is InChI=1S/C7H13N3O/c1-10-4-6(9-5-10)7(11)2-3-8/h4-5,7,11H,2-3,8H2,1H3/t7-/m1/s1. The molecule has 0 aliphatic carbocycles. The molecule has 0 spiro atoms. The zero-order valence-corrected chi connectivity index (χ0v) is 6.57. The fraction of sp³-hybridized carbons (Fsp3) is 0.571. The molecule has 0 saturated heterocycles. The summed E-state index contributed by atoms with van der Waals surface area (Å²) in [5.41, 5.74) is 5.97. The van der Waals surface area contributed by atoms with Gasteiger partial charge in [-0.15, -0.1) is 0 Å². The molecule has 1 atom stereocenters. The van der Waals surface area contributed by atoms with E-state index in [1.165, 1.54) is 0 Å². The van der Waals surface area contributed by atoms with Gasteiger partial charge in [0.05, 0.1) is 18.1 Å². The number of aromatic nitrogens is 2. The summed E-state index contributed by atoms with van der Waals surface area (Å²) in [7, 11) is 1.87. The third-order valence-electron chi connectivity index (χ3n) is 1.51. The normalized spacial score (nSPS) is 13.4. The topological polar surface area (TPSA) is 64.1 Å². The number of imidazole rings is 1. The van der Waals surface area contributed by atoms with Crippen molar-refractivity contribution in [3.05, 3.63) is 18.2 Å². The summed E-state index contributed by atoms with van der Waals surface area (Å²) in [4.78, 5) is 3.99. The van der Waals surface area contributed by atoms with Crippen LogP contribution in [-0.4, -0.2) is 21.2 Å². The molecular weight excluding hydrogens is 142 g/mol. The van der Waals surface area contributed by atoms with E-state index in [1.54, 1.807) is 17.1 Å². The second-order valence-corrected chi connectivity index (χ2v) is 2.56. The Balaban J connectivity index is 2.60. The van der Waals surface area contributed by atoms with E-state index in [0.717, 1.165) is 0 Å². The Morgan fingerprint density at radius 2 is 2.55 bits per heavy atom. The Bertz CT molecular complexity index is 221. The lowest BCUT2D eigenvalue weighted by Crippen LogP contribution is -2.06. The first kappa shape index (κ1) is 8.23. The second-order valence-electron chi connectivity index (χ2n) is 2.56. The van der Waals surface area contributed by atoms with Gasteiger partial charge < -0.3 is 15.4 Å². The van der Waals surface area contributed by atoms with Crippen molar-refractivity contribution in [2.24, 2.45) is 12.8 Å². The highest BCUT2D eigenvalue weighted by molar-refractivity contribution is 5.00. The van der Waals surface area contributed by atoms with E-state index in [9.17, 15) is 5.11 Å². The number of aliphatic hydroxyl groups excluding tert-OH is 1. The van der Waals surface area contributed by atoms with E-state index in [4.69, 9.17) is 5.73 Å². The first-order valence-corrected chi connectivity index (χ1v) is 3.60. The Hall–Kier alpha value is -0.870. The van der Waals surface area contributed by atoms with Crippen molar-refractivity contribution in [3.8, 4) is 0 Å². The molecular formula is C7H13N3O. The number of aryl methyl sites for hydroxylation is 1. The van der Waals surface area contributed by atoms with Crippen LogP contribution in [0.2, 0.25) is 0 Å². The molecule has 0 unspecified atom stereocenters. The molecule has 0 radical (unpaired) electrons. The first-order chi connectivity index (χ1) is 5.24. The van der Waals surface area contributed by atoms with Crippen molar-refractivity contribution >= 4 is 0 Å². The van der Waals surface area contributed by atoms with Crippen LogP contribution in [-0.2, 0) is 7.05 Å². The summed E-state index contributed by atoms with van der Waals surface area (Å²) in [6.45, 7) is 0.484. The van der Waals surface area contributed by atoms with Gasteiger partial charge in [-0.05, 0) is 13.0 Å². The summed E-state index contributed by atoms with van der Waals surface area (Å²) < 4.78 is 1.80. The van der Waals surface area contributed by atoms with Gasteiger partial charge in [-0.3, -0.25) is 0 Å². The van der Waals surface area contributed by atoms with Gasteiger partial charge in [0.15, 0.2) is 0 Å². The molecule has 0 bridgehead atoms. The monoisotopic (exact) mass is 155 g/mol. The maximum atomic E-state index is 9.38. The summed E-state index contributed by atoms with van der Waals surface area (Å²) in [5.74, 6) is 0. The van der Waals surface area contributed by atoms with Gasteiger partial charge >= 0.3 is 0 Å². The zero-order chi connectivity index (χ0) is 8.27. The van der Waals surface area contributed by atoms with Crippen LogP contribution in [0, 0.1) is 0 Å². The maximum absolute atomic E-state index is 9.38. The van der Waals surface area contributed by atoms with Gasteiger partial charge in [0, 0.05) is 13.2 Å². The minimum absolute atomic E-state index is 0.484. The lowest BCUT2D eigenvalue weighted by atomic mass is 10.2. The first-order valence-electron chi connectivity index (χ1n) is 3.60. The van der Waals surface area contributed by atoms with E-state index in [0.29, 0.717) is 18.7 Å². The summed E-state index contributed by atoms with van der Waals surface area (Å²) in [5, 5.41) is 9.38. The molecule has 0 fully saturated rings. The highest BCUT2D eigenvalue weighted by atomic mass is 16.3. The van der Waals surface area contributed by atoms with E-state index in [-0.39, 0.29) is 0 Å². The molecule has 4 heteroatoms. The fourth-order valence-electron chi connectivity index (χ4n) is 0.911. The smallest absolute Gasteiger partial charge is 0.0987 e. The highest BCUT2D eigenvalue weighted by Crippen LogP contribution is 2.11. The SMILES string of the molecule is Cn1cnc([C@H](O)CCN)c1. The minimum Gasteiger partial charge on any atom is -0.387 e. The predicted molar refractivity (Wildman–Crippen MR) is 41.8 cm³/mol. The number of hydrogen-bond acceptors (Lipinski definition) is 3. The van der Waals surface area contributed by atoms with E-state index in [2.05, 4.69) is 4.98 Å². The van der Waals surface area contributed by atoms with Crippen LogP contribution in [0.25, 0.3) is 0 Å². The molecule has 0 aromatic carbocycles. The van der Waals surface area contributed by atoms with Crippen LogP contribution < -0.4 is 5.73 Å². The van der Waals surface area contributed by atoms with E-state index >= 15 is 0 Å². The Morgan fingerprint density at radius 1 is 1.82 bits per heavy atom. The van der Waals surface area contributed by atoms with Crippen LogP contribution in [0.3, 0.4) is 0 Å². The largest absolute Gasteiger partial charge is 0.387 e. The van der Waals surface area contributed by atoms with Crippen LogP contribution in [0.4, 0.5) is 0 Å². The number of rotatable bonds is 3. The summed E-state index contributed by atoms with van der Waals surface area (Å²) >= 11 is 0. The number of nitrogens with zero attached hydrogens (tertiary/aromatic N) is 2. The second kappa shape index (κ2) is 3.50. The van der Waals surface area contributed by atoms with Gasteiger partial charge in [0.2, 0.25) is 0 Å². The Kier molecular flexibility index (Phi) is 2.62. The van der Waals surface area contributed by atoms with Gasteiger partial charge in [-0.1, -0.05) is 0 Å². The predicted octanol–water partition coefficient (Wildman–Crippen LogP) is -0.198. The average molecular weight is 155 g/mol. The molecule has 1 aromatic rings. The third kappa shape index (κ3) is 2.03. The van der Waals surface area contributed by atoms with Crippen LogP contribution in [0.15, 0.2) is 12.5 Å². The van der Waals surface area contributed by atoms with Crippen molar-refractivity contribution in [2.75, 3.05) is 6.54 Å². The van der Waals surface area contributed by atoms with Crippen LogP contribution >= 0.6 is 0 Å². The van der Waals surface area contributed by atoms with Crippen molar-refractivity contribution in [1.82, 2.24) is 9.55 Å². The van der Waals surface area contributed by atoms with Crippen molar-refractivity contribution in [3.63, 3.8) is 0 Å². The average Bonchev–Trinajstić information content (AvgIpc) is 2.36. The van der Waals surface area contributed by atoms with E-state index < -0.39 is 6.10 Å². The van der Waals surface area contributed by atoms with Gasteiger partial charge in [-0.25, -0.2) is 4.98 Å². The zero-order valence-electron chi connectivity index (χ0n) is 6.57. The summed E-state index contributed by atoms with van der Waals surface area (Å²) in [6.07, 6.45) is 3.51. The highest BCUT2D eigenvalue weighted by Gasteiger charge is 2.07. The molecule has 3 N–H and O–H groups in total. The van der Waals surface area contributed by atoms with Crippen molar-refractivity contribution in [1.29, 1.82) is 0 Å². The van der Waals surface area contributed by atoms with Crippen LogP contribution in [0.1, 0.15) is 18.2 Å². The number of nitrogens with two attached hydrogens (primary N) is 1. The Morgan fingerprint density at radius 3 is 3.00 bits per heavy atom. The molecule has 4 nitrogen and oxygen atoms in total. The van der Waals surface area contributed by atoms with Gasteiger partial charge in [-0.2, -0.15) is 0 Å². The van der Waals surface area contributed by atoms with E-state index in [1.807, 2.05) is 7.05 Å². The summed E-state index contributed by atoms with van der Waals surface area (Å²) in [6, 6.07) is 0.